The molecule has 0 aromatic carbocycles. The molecule has 4 nitrogen and oxygen atoms in total. The van der Waals surface area contributed by atoms with E-state index in [1.807, 2.05) is 0 Å². The number of hydrogen-bond donors (Lipinski definition) is 1. The second kappa shape index (κ2) is 5.08. The third-order valence-electron chi connectivity index (χ3n) is 3.33. The molecule has 1 N–H and O–H groups in total. The number of alkyl halides is 2. The minimum Gasteiger partial charge on any atom is -0.391 e. The third kappa shape index (κ3) is 2.62. The zero-order valence-electron chi connectivity index (χ0n) is 9.48. The van der Waals surface area contributed by atoms with Crippen molar-refractivity contribution < 1.29 is 18.7 Å². The quantitative estimate of drug-likeness (QED) is 0.751. The van der Waals surface area contributed by atoms with Crippen LogP contribution < -0.4 is 0 Å². The summed E-state index contributed by atoms with van der Waals surface area (Å²) >= 11 is 0. The van der Waals surface area contributed by atoms with E-state index in [1.54, 1.807) is 0 Å². The first-order valence-corrected chi connectivity index (χ1v) is 5.95. The van der Waals surface area contributed by atoms with Gasteiger partial charge < -0.3 is 5.11 Å². The second-order valence-electron chi connectivity index (χ2n) is 4.58. The van der Waals surface area contributed by atoms with Crippen molar-refractivity contribution in [1.29, 1.82) is 0 Å². The van der Waals surface area contributed by atoms with Gasteiger partial charge in [0.25, 0.3) is 6.43 Å². The van der Waals surface area contributed by atoms with Gasteiger partial charge in [-0.2, -0.15) is 5.10 Å². The highest BCUT2D eigenvalue weighted by Gasteiger charge is 2.37. The van der Waals surface area contributed by atoms with Crippen LogP contribution in [-0.4, -0.2) is 40.3 Å². The van der Waals surface area contributed by atoms with Gasteiger partial charge in [0.2, 0.25) is 5.91 Å². The highest BCUT2D eigenvalue weighted by Crippen LogP contribution is 2.26. The lowest BCUT2D eigenvalue weighted by molar-refractivity contribution is -0.133. The molecule has 1 saturated carbocycles. The minimum absolute atomic E-state index is 0.319. The Morgan fingerprint density at radius 2 is 2.00 bits per heavy atom. The number of aliphatic hydroxyl groups excluding tert-OH is 1. The number of carbonyl (C=O) groups excluding carboxylic acids is 1. The van der Waals surface area contributed by atoms with Crippen molar-refractivity contribution >= 4 is 11.6 Å². The van der Waals surface area contributed by atoms with Crippen LogP contribution in [-0.2, 0) is 4.79 Å². The van der Waals surface area contributed by atoms with E-state index in [1.165, 1.54) is 0 Å². The van der Waals surface area contributed by atoms with Crippen molar-refractivity contribution in [2.24, 2.45) is 5.10 Å². The van der Waals surface area contributed by atoms with Crippen LogP contribution in [0.2, 0.25) is 0 Å². The zero-order valence-corrected chi connectivity index (χ0v) is 9.48. The molecule has 96 valence electrons. The van der Waals surface area contributed by atoms with Gasteiger partial charge in [-0.15, -0.1) is 0 Å². The van der Waals surface area contributed by atoms with Gasteiger partial charge in [-0.1, -0.05) is 19.3 Å². The molecule has 0 bridgehead atoms. The maximum absolute atomic E-state index is 12.5. The smallest absolute Gasteiger partial charge is 0.278 e. The summed E-state index contributed by atoms with van der Waals surface area (Å²) in [7, 11) is 0. The Bertz CT molecular complexity index is 333. The fraction of sp³-hybridized carbons (Fsp3) is 0.818. The number of nitrogens with zero attached hydrogens (tertiary/aromatic N) is 2. The maximum atomic E-state index is 12.5. The van der Waals surface area contributed by atoms with Gasteiger partial charge in [-0.05, 0) is 12.8 Å². The van der Waals surface area contributed by atoms with Gasteiger partial charge in [0, 0.05) is 0 Å². The van der Waals surface area contributed by atoms with E-state index in [4.69, 9.17) is 0 Å². The van der Waals surface area contributed by atoms with E-state index >= 15 is 0 Å². The van der Waals surface area contributed by atoms with Crippen LogP contribution in [0.15, 0.2) is 5.10 Å². The van der Waals surface area contributed by atoms with Gasteiger partial charge in [-0.3, -0.25) is 4.79 Å². The fourth-order valence-corrected chi connectivity index (χ4v) is 2.40. The molecular weight excluding hydrogens is 230 g/mol. The van der Waals surface area contributed by atoms with E-state index < -0.39 is 24.5 Å². The van der Waals surface area contributed by atoms with Crippen molar-refractivity contribution in [3.63, 3.8) is 0 Å². The van der Waals surface area contributed by atoms with Gasteiger partial charge in [0.15, 0.2) is 0 Å². The van der Waals surface area contributed by atoms with Gasteiger partial charge >= 0.3 is 0 Å². The third-order valence-corrected chi connectivity index (χ3v) is 3.33. The lowest BCUT2D eigenvalue weighted by atomic mass is 10.1. The Balaban J connectivity index is 2.12. The molecule has 0 aromatic heterocycles. The van der Waals surface area contributed by atoms with Gasteiger partial charge in [0.05, 0.1) is 18.6 Å². The molecule has 0 aromatic rings. The predicted octanol–water partition coefficient (Wildman–Crippen LogP) is 1.53. The number of halogens is 2. The average Bonchev–Trinajstić information content (AvgIpc) is 2.53. The van der Waals surface area contributed by atoms with Crippen molar-refractivity contribution in [2.45, 2.75) is 57.1 Å². The molecule has 2 aliphatic rings. The zero-order chi connectivity index (χ0) is 12.4. The molecule has 2 atom stereocenters. The van der Waals surface area contributed by atoms with Crippen LogP contribution in [0.5, 0.6) is 0 Å². The predicted molar refractivity (Wildman–Crippen MR) is 57.8 cm³/mol. The second-order valence-corrected chi connectivity index (χ2v) is 4.58. The summed E-state index contributed by atoms with van der Waals surface area (Å²) in [6.45, 7) is 0. The molecule has 2 unspecified atom stereocenters. The Morgan fingerprint density at radius 3 is 2.65 bits per heavy atom. The summed E-state index contributed by atoms with van der Waals surface area (Å²) in [6, 6.07) is -0.429. The van der Waals surface area contributed by atoms with E-state index in [9.17, 15) is 18.7 Å². The highest BCUT2D eigenvalue weighted by molar-refractivity contribution is 6.06. The number of rotatable bonds is 2. The summed E-state index contributed by atoms with van der Waals surface area (Å²) in [6.07, 6.45) is 0.382. The topological polar surface area (TPSA) is 52.9 Å². The normalized spacial score (nSPS) is 30.7. The maximum Gasteiger partial charge on any atom is 0.278 e. The molecule has 0 spiro atoms. The van der Waals surface area contributed by atoms with Crippen molar-refractivity contribution in [3.8, 4) is 0 Å². The molecule has 1 fully saturated rings. The molecule has 1 amide bonds. The Kier molecular flexibility index (Phi) is 3.71. The molecule has 0 saturated heterocycles. The highest BCUT2D eigenvalue weighted by atomic mass is 19.3. The molecule has 2 rings (SSSR count). The summed E-state index contributed by atoms with van der Waals surface area (Å²) in [4.78, 5) is 11.6. The molecule has 6 heteroatoms. The number of hydrogen-bond acceptors (Lipinski definition) is 3. The minimum atomic E-state index is -2.69. The van der Waals surface area contributed by atoms with E-state index in [0.717, 1.165) is 24.3 Å². The standard InChI is InChI=1S/C11H16F2N2O2/c12-11(13)7-6-10(17)15(14-7)8-4-2-1-3-5-9(8)16/h8-9,11,16H,1-6H2. The Labute approximate surface area is 98.3 Å². The van der Waals surface area contributed by atoms with Crippen LogP contribution >= 0.6 is 0 Å². The number of hydrazone groups is 1. The first-order valence-electron chi connectivity index (χ1n) is 5.95. The molecule has 17 heavy (non-hydrogen) atoms. The summed E-state index contributed by atoms with van der Waals surface area (Å²) in [5.41, 5.74) is -0.383. The summed E-state index contributed by atoms with van der Waals surface area (Å²) in [5.74, 6) is -0.425. The summed E-state index contributed by atoms with van der Waals surface area (Å²) in [5, 5.41) is 14.7. The SMILES string of the molecule is O=C1CC(C(F)F)=NN1C1CCCCCC1O. The molecular formula is C11H16F2N2O2. The lowest BCUT2D eigenvalue weighted by Crippen LogP contribution is -2.41. The monoisotopic (exact) mass is 246 g/mol. The first kappa shape index (κ1) is 12.4. The van der Waals surface area contributed by atoms with E-state index in [2.05, 4.69) is 5.10 Å². The van der Waals surface area contributed by atoms with Crippen molar-refractivity contribution in [2.75, 3.05) is 0 Å². The van der Waals surface area contributed by atoms with Crippen LogP contribution in [0.3, 0.4) is 0 Å². The molecule has 1 heterocycles. The Hall–Kier alpha value is -1.04. The average molecular weight is 246 g/mol. The number of aliphatic hydroxyl groups is 1. The van der Waals surface area contributed by atoms with Gasteiger partial charge in [-0.25, -0.2) is 13.8 Å². The molecule has 1 aliphatic carbocycles. The summed E-state index contributed by atoms with van der Waals surface area (Å²) < 4.78 is 24.9. The van der Waals surface area contributed by atoms with Crippen LogP contribution in [0, 0.1) is 0 Å². The Morgan fingerprint density at radius 1 is 1.29 bits per heavy atom. The number of carbonyl (C=O) groups is 1. The number of amides is 1. The van der Waals surface area contributed by atoms with E-state index in [-0.39, 0.29) is 12.1 Å². The molecule has 1 aliphatic heterocycles. The fourth-order valence-electron chi connectivity index (χ4n) is 2.40. The largest absolute Gasteiger partial charge is 0.391 e. The van der Waals surface area contributed by atoms with Gasteiger partial charge in [0.1, 0.15) is 5.71 Å². The van der Waals surface area contributed by atoms with Crippen LogP contribution in [0.1, 0.15) is 38.5 Å². The van der Waals surface area contributed by atoms with E-state index in [0.29, 0.717) is 12.8 Å². The first-order chi connectivity index (χ1) is 8.09. The van der Waals surface area contributed by atoms with Crippen LogP contribution in [0.25, 0.3) is 0 Å². The molecule has 0 radical (unpaired) electrons. The van der Waals surface area contributed by atoms with Crippen molar-refractivity contribution in [3.05, 3.63) is 0 Å². The van der Waals surface area contributed by atoms with Crippen LogP contribution in [0.4, 0.5) is 8.78 Å². The van der Waals surface area contributed by atoms with Crippen molar-refractivity contribution in [1.82, 2.24) is 5.01 Å². The lowest BCUT2D eigenvalue weighted by Gasteiger charge is -2.27.